The molecule has 1 heterocycles. The van der Waals surface area contributed by atoms with E-state index >= 15 is 0 Å². The Kier molecular flexibility index (Phi) is 3.61. The largest absolute Gasteiger partial charge is 0.375 e. The van der Waals surface area contributed by atoms with Crippen LogP contribution < -0.4 is 0 Å². The average Bonchev–Trinajstić information content (AvgIpc) is 2.16. The van der Waals surface area contributed by atoms with Gasteiger partial charge in [0.1, 0.15) is 5.56 Å². The molecule has 1 rings (SSSR count). The highest BCUT2D eigenvalue weighted by Crippen LogP contribution is 2.26. The van der Waals surface area contributed by atoms with Gasteiger partial charge in [-0.3, -0.25) is 4.79 Å². The van der Waals surface area contributed by atoms with E-state index in [9.17, 15) is 23.7 Å². The zero-order valence-corrected chi connectivity index (χ0v) is 9.14. The Balaban J connectivity index is 3.45. The smallest absolute Gasteiger partial charge is 0.358 e. The molecular formula is C7H3F2IN2O3. The topological polar surface area (TPSA) is 73.1 Å². The van der Waals surface area contributed by atoms with E-state index in [-0.39, 0.29) is 15.4 Å². The van der Waals surface area contributed by atoms with Gasteiger partial charge < -0.3 is 10.1 Å². The predicted octanol–water partition coefficient (Wildman–Crippen LogP) is 2.34. The Morgan fingerprint density at radius 1 is 1.60 bits per heavy atom. The maximum atomic E-state index is 12.2. The van der Waals surface area contributed by atoms with Gasteiger partial charge in [-0.15, -0.1) is 0 Å². The second-order valence-corrected chi connectivity index (χ2v) is 3.60. The first-order valence-corrected chi connectivity index (χ1v) is 4.63. The van der Waals surface area contributed by atoms with Gasteiger partial charge in [-0.1, -0.05) is 0 Å². The Morgan fingerprint density at radius 3 is 2.60 bits per heavy atom. The summed E-state index contributed by atoms with van der Waals surface area (Å²) in [6, 6.07) is 0.946. The molecule has 0 atom stereocenters. The van der Waals surface area contributed by atoms with E-state index in [4.69, 9.17) is 0 Å². The number of pyridine rings is 1. The standard InChI is InChI=1S/C7H3F2IN2O3/c8-6(9)5-1-4(10)3(2-13)7(11-5)12(14)15/h1-2,6H. The van der Waals surface area contributed by atoms with Crippen molar-refractivity contribution in [3.63, 3.8) is 0 Å². The normalized spacial score (nSPS) is 10.4. The van der Waals surface area contributed by atoms with Gasteiger partial charge in [0, 0.05) is 9.64 Å². The zero-order chi connectivity index (χ0) is 11.6. The number of hydrogen-bond donors (Lipinski definition) is 0. The number of carbonyl (C=O) groups is 1. The Hall–Kier alpha value is -1.19. The van der Waals surface area contributed by atoms with Crippen molar-refractivity contribution in [1.29, 1.82) is 0 Å². The van der Waals surface area contributed by atoms with Crippen LogP contribution in [0.15, 0.2) is 6.07 Å². The number of hydrogen-bond acceptors (Lipinski definition) is 4. The third kappa shape index (κ3) is 2.43. The van der Waals surface area contributed by atoms with Gasteiger partial charge in [-0.25, -0.2) is 8.78 Å². The molecule has 0 saturated heterocycles. The predicted molar refractivity (Wildman–Crippen MR) is 54.0 cm³/mol. The summed E-state index contributed by atoms with van der Waals surface area (Å²) in [5.74, 6) is -0.841. The number of nitrogens with zero attached hydrogens (tertiary/aromatic N) is 2. The van der Waals surface area contributed by atoms with Gasteiger partial charge >= 0.3 is 12.2 Å². The van der Waals surface area contributed by atoms with Crippen LogP contribution in [0.2, 0.25) is 0 Å². The zero-order valence-electron chi connectivity index (χ0n) is 6.99. The minimum atomic E-state index is -2.90. The number of alkyl halides is 2. The Bertz CT molecular complexity index is 425. The van der Waals surface area contributed by atoms with E-state index in [1.54, 1.807) is 22.6 Å². The fourth-order valence-corrected chi connectivity index (χ4v) is 1.58. The van der Waals surface area contributed by atoms with E-state index in [1.165, 1.54) is 0 Å². The van der Waals surface area contributed by atoms with E-state index in [2.05, 4.69) is 4.98 Å². The second-order valence-electron chi connectivity index (χ2n) is 2.44. The molecule has 1 aromatic rings. The fourth-order valence-electron chi connectivity index (χ4n) is 0.889. The molecule has 0 fully saturated rings. The molecule has 0 spiro atoms. The van der Waals surface area contributed by atoms with Crippen molar-refractivity contribution in [3.8, 4) is 0 Å². The molecule has 0 N–H and O–H groups in total. The van der Waals surface area contributed by atoms with Crippen LogP contribution in [0, 0.1) is 13.7 Å². The van der Waals surface area contributed by atoms with Crippen molar-refractivity contribution in [1.82, 2.24) is 4.98 Å². The summed E-state index contributed by atoms with van der Waals surface area (Å²) in [6.07, 6.45) is -2.68. The maximum absolute atomic E-state index is 12.2. The summed E-state index contributed by atoms with van der Waals surface area (Å²) in [4.78, 5) is 23.1. The number of nitro groups is 1. The molecular weight excluding hydrogens is 325 g/mol. The summed E-state index contributed by atoms with van der Waals surface area (Å²) in [6.45, 7) is 0. The van der Waals surface area contributed by atoms with Gasteiger partial charge in [0.25, 0.3) is 0 Å². The van der Waals surface area contributed by atoms with Crippen LogP contribution in [-0.4, -0.2) is 16.2 Å². The lowest BCUT2D eigenvalue weighted by Gasteiger charge is -2.00. The molecule has 0 radical (unpaired) electrons. The van der Waals surface area contributed by atoms with Crippen LogP contribution >= 0.6 is 22.6 Å². The molecule has 0 unspecified atom stereocenters. The molecule has 0 aliphatic rings. The highest BCUT2D eigenvalue weighted by Gasteiger charge is 2.25. The summed E-state index contributed by atoms with van der Waals surface area (Å²) in [5, 5.41) is 10.4. The van der Waals surface area contributed by atoms with Crippen molar-refractivity contribution in [2.75, 3.05) is 0 Å². The molecule has 1 aromatic heterocycles. The molecule has 5 nitrogen and oxygen atoms in total. The quantitative estimate of drug-likeness (QED) is 0.369. The summed E-state index contributed by atoms with van der Waals surface area (Å²) in [7, 11) is 0. The van der Waals surface area contributed by atoms with Gasteiger partial charge in [0.05, 0.1) is 0 Å². The van der Waals surface area contributed by atoms with E-state index in [1.807, 2.05) is 0 Å². The lowest BCUT2D eigenvalue weighted by atomic mass is 10.2. The molecule has 0 amide bonds. The van der Waals surface area contributed by atoms with Crippen molar-refractivity contribution in [2.45, 2.75) is 6.43 Å². The molecule has 0 aromatic carbocycles. The first kappa shape index (κ1) is 11.9. The first-order chi connectivity index (χ1) is 6.97. The summed E-state index contributed by atoms with van der Waals surface area (Å²) < 4.78 is 24.6. The average molecular weight is 328 g/mol. The van der Waals surface area contributed by atoms with Gasteiger partial charge in [-0.2, -0.15) is 0 Å². The number of carbonyl (C=O) groups excluding carboxylic acids is 1. The number of aromatic nitrogens is 1. The van der Waals surface area contributed by atoms with Gasteiger partial charge in [0.15, 0.2) is 6.29 Å². The molecule has 0 saturated carbocycles. The highest BCUT2D eigenvalue weighted by atomic mass is 127. The van der Waals surface area contributed by atoms with Crippen molar-refractivity contribution >= 4 is 34.7 Å². The molecule has 8 heteroatoms. The second kappa shape index (κ2) is 4.55. The van der Waals surface area contributed by atoms with Crippen molar-refractivity contribution < 1.29 is 18.5 Å². The van der Waals surface area contributed by atoms with Crippen molar-refractivity contribution in [2.24, 2.45) is 0 Å². The van der Waals surface area contributed by atoms with Gasteiger partial charge in [0.2, 0.25) is 5.69 Å². The minimum absolute atomic E-state index is 0.0830. The SMILES string of the molecule is O=Cc1c(I)cc(C(F)F)nc1[N+](=O)[O-]. The van der Waals surface area contributed by atoms with Crippen molar-refractivity contribution in [3.05, 3.63) is 31.0 Å². The van der Waals surface area contributed by atoms with Crippen LogP contribution in [-0.2, 0) is 0 Å². The number of aldehydes is 1. The lowest BCUT2D eigenvalue weighted by molar-refractivity contribution is -0.390. The molecule has 0 aliphatic heterocycles. The minimum Gasteiger partial charge on any atom is -0.358 e. The van der Waals surface area contributed by atoms with Crippen LogP contribution in [0.1, 0.15) is 22.5 Å². The van der Waals surface area contributed by atoms with Gasteiger partial charge in [-0.05, 0) is 32.5 Å². The molecule has 80 valence electrons. The fraction of sp³-hybridized carbons (Fsp3) is 0.143. The maximum Gasteiger partial charge on any atom is 0.375 e. The summed E-state index contributed by atoms with van der Waals surface area (Å²) in [5.41, 5.74) is -0.998. The molecule has 15 heavy (non-hydrogen) atoms. The van der Waals surface area contributed by atoms with E-state index in [0.717, 1.165) is 6.07 Å². The molecule has 0 aliphatic carbocycles. The highest BCUT2D eigenvalue weighted by molar-refractivity contribution is 14.1. The Labute approximate surface area is 95.8 Å². The number of halogens is 3. The van der Waals surface area contributed by atoms with Crippen LogP contribution in [0.4, 0.5) is 14.6 Å². The van der Waals surface area contributed by atoms with Crippen LogP contribution in [0.5, 0.6) is 0 Å². The Morgan fingerprint density at radius 2 is 2.20 bits per heavy atom. The van der Waals surface area contributed by atoms with E-state index in [0.29, 0.717) is 0 Å². The summed E-state index contributed by atoms with van der Waals surface area (Å²) >= 11 is 1.57. The lowest BCUT2D eigenvalue weighted by Crippen LogP contribution is -2.04. The van der Waals surface area contributed by atoms with Crippen LogP contribution in [0.25, 0.3) is 0 Å². The first-order valence-electron chi connectivity index (χ1n) is 3.55. The monoisotopic (exact) mass is 328 g/mol. The van der Waals surface area contributed by atoms with Crippen LogP contribution in [0.3, 0.4) is 0 Å². The third-order valence-corrected chi connectivity index (χ3v) is 2.41. The third-order valence-electron chi connectivity index (χ3n) is 1.52. The van der Waals surface area contributed by atoms with E-state index < -0.39 is 22.9 Å². The molecule has 0 bridgehead atoms. The number of rotatable bonds is 3.